The summed E-state index contributed by atoms with van der Waals surface area (Å²) in [5.41, 5.74) is 4.49. The average molecular weight is 380 g/mol. The van der Waals surface area contributed by atoms with E-state index in [0.29, 0.717) is 12.5 Å². The van der Waals surface area contributed by atoms with E-state index in [0.717, 1.165) is 34.3 Å². The molecule has 0 amide bonds. The van der Waals surface area contributed by atoms with Crippen LogP contribution < -0.4 is 4.74 Å². The van der Waals surface area contributed by atoms with Gasteiger partial charge >= 0.3 is 5.97 Å². The maximum atomic E-state index is 10.9. The fraction of sp³-hybridized carbons (Fsp3) is 0.391. The minimum absolute atomic E-state index is 0.0152. The molecule has 0 saturated heterocycles. The van der Waals surface area contributed by atoms with E-state index < -0.39 is 5.97 Å². The molecule has 0 aliphatic rings. The number of hydrogen-bond donors (Lipinski definition) is 1. The van der Waals surface area contributed by atoms with E-state index in [-0.39, 0.29) is 12.3 Å². The Kier molecular flexibility index (Phi) is 6.02. The first-order chi connectivity index (χ1) is 13.3. The predicted octanol–water partition coefficient (Wildman–Crippen LogP) is 5.16. The number of aliphatic carboxylic acids is 1. The SMILES string of the molecule is Cc1cc2c(cnn2CC(C)C)cc1COc1ccc(C(C)CC(=O)O)cc1. The number of carboxylic acids is 1. The molecular formula is C23H28N2O3. The van der Waals surface area contributed by atoms with Crippen molar-refractivity contribution in [1.29, 1.82) is 0 Å². The van der Waals surface area contributed by atoms with Crippen LogP contribution in [0, 0.1) is 12.8 Å². The summed E-state index contributed by atoms with van der Waals surface area (Å²) in [4.78, 5) is 10.9. The van der Waals surface area contributed by atoms with Gasteiger partial charge in [0.25, 0.3) is 0 Å². The fourth-order valence-corrected chi connectivity index (χ4v) is 3.36. The molecule has 148 valence electrons. The maximum absolute atomic E-state index is 10.9. The first kappa shape index (κ1) is 19.9. The summed E-state index contributed by atoms with van der Waals surface area (Å²) in [6.07, 6.45) is 2.04. The number of rotatable bonds is 8. The molecule has 3 rings (SSSR count). The molecule has 0 aliphatic heterocycles. The number of aromatic nitrogens is 2. The molecule has 0 aliphatic carbocycles. The second-order valence-electron chi connectivity index (χ2n) is 7.91. The number of carbonyl (C=O) groups is 1. The second-order valence-corrected chi connectivity index (χ2v) is 7.91. The summed E-state index contributed by atoms with van der Waals surface area (Å²) >= 11 is 0. The van der Waals surface area contributed by atoms with Gasteiger partial charge in [-0.15, -0.1) is 0 Å². The Bertz CT molecular complexity index is 958. The molecule has 28 heavy (non-hydrogen) atoms. The molecule has 0 fully saturated rings. The van der Waals surface area contributed by atoms with E-state index in [4.69, 9.17) is 9.84 Å². The number of fused-ring (bicyclic) bond motifs is 1. The average Bonchev–Trinajstić information content (AvgIpc) is 3.00. The highest BCUT2D eigenvalue weighted by Gasteiger charge is 2.11. The van der Waals surface area contributed by atoms with E-state index in [1.165, 1.54) is 5.56 Å². The lowest BCUT2D eigenvalue weighted by Gasteiger charge is -2.13. The summed E-state index contributed by atoms with van der Waals surface area (Å²) in [5.74, 6) is 0.530. The molecular weight excluding hydrogens is 352 g/mol. The molecule has 0 bridgehead atoms. The summed E-state index contributed by atoms with van der Waals surface area (Å²) in [6.45, 7) is 9.79. The van der Waals surface area contributed by atoms with Gasteiger partial charge < -0.3 is 9.84 Å². The molecule has 0 radical (unpaired) electrons. The third-order valence-corrected chi connectivity index (χ3v) is 4.96. The van der Waals surface area contributed by atoms with Crippen molar-refractivity contribution >= 4 is 16.9 Å². The molecule has 5 heteroatoms. The summed E-state index contributed by atoms with van der Waals surface area (Å²) in [6, 6.07) is 12.0. The van der Waals surface area contributed by atoms with Crippen LogP contribution in [0.2, 0.25) is 0 Å². The highest BCUT2D eigenvalue weighted by atomic mass is 16.5. The quantitative estimate of drug-likeness (QED) is 0.586. The Morgan fingerprint density at radius 2 is 1.89 bits per heavy atom. The van der Waals surface area contributed by atoms with Gasteiger partial charge in [0.2, 0.25) is 0 Å². The minimum atomic E-state index is -0.782. The van der Waals surface area contributed by atoms with E-state index in [2.05, 4.69) is 42.7 Å². The van der Waals surface area contributed by atoms with E-state index in [1.807, 2.05) is 37.4 Å². The summed E-state index contributed by atoms with van der Waals surface area (Å²) in [5, 5.41) is 14.6. The van der Waals surface area contributed by atoms with Crippen molar-refractivity contribution < 1.29 is 14.6 Å². The van der Waals surface area contributed by atoms with Crippen molar-refractivity contribution in [2.24, 2.45) is 5.92 Å². The molecule has 2 aromatic carbocycles. The van der Waals surface area contributed by atoms with Crippen LogP contribution >= 0.6 is 0 Å². The molecule has 5 nitrogen and oxygen atoms in total. The summed E-state index contributed by atoms with van der Waals surface area (Å²) in [7, 11) is 0. The van der Waals surface area contributed by atoms with Crippen molar-refractivity contribution in [3.63, 3.8) is 0 Å². The lowest BCUT2D eigenvalue weighted by atomic mass is 9.98. The van der Waals surface area contributed by atoms with Crippen LogP contribution in [0.1, 0.15) is 49.8 Å². The van der Waals surface area contributed by atoms with Crippen LogP contribution in [-0.4, -0.2) is 20.9 Å². The monoisotopic (exact) mass is 380 g/mol. The highest BCUT2D eigenvalue weighted by molar-refractivity contribution is 5.80. The Morgan fingerprint density at radius 3 is 2.54 bits per heavy atom. The van der Waals surface area contributed by atoms with Crippen LogP contribution in [0.15, 0.2) is 42.6 Å². The normalized spacial score (nSPS) is 12.5. The van der Waals surface area contributed by atoms with Crippen LogP contribution in [0.4, 0.5) is 0 Å². The Morgan fingerprint density at radius 1 is 1.18 bits per heavy atom. The third kappa shape index (κ3) is 4.71. The maximum Gasteiger partial charge on any atom is 0.303 e. The summed E-state index contributed by atoms with van der Waals surface area (Å²) < 4.78 is 8.03. The molecule has 3 aromatic rings. The zero-order chi connectivity index (χ0) is 20.3. The van der Waals surface area contributed by atoms with Gasteiger partial charge in [-0.05, 0) is 59.7 Å². The van der Waals surface area contributed by atoms with Crippen LogP contribution in [0.3, 0.4) is 0 Å². The topological polar surface area (TPSA) is 64.4 Å². The van der Waals surface area contributed by atoms with E-state index in [9.17, 15) is 4.79 Å². The smallest absolute Gasteiger partial charge is 0.303 e. The molecule has 1 aromatic heterocycles. The van der Waals surface area contributed by atoms with Crippen LogP contribution in [-0.2, 0) is 17.9 Å². The largest absolute Gasteiger partial charge is 0.489 e. The zero-order valence-corrected chi connectivity index (χ0v) is 17.0. The minimum Gasteiger partial charge on any atom is -0.489 e. The fourth-order valence-electron chi connectivity index (χ4n) is 3.36. The van der Waals surface area contributed by atoms with Crippen LogP contribution in [0.5, 0.6) is 5.75 Å². The van der Waals surface area contributed by atoms with Gasteiger partial charge in [0.05, 0.1) is 18.1 Å². The van der Waals surface area contributed by atoms with Gasteiger partial charge in [0, 0.05) is 11.9 Å². The lowest BCUT2D eigenvalue weighted by Crippen LogP contribution is -2.06. The zero-order valence-electron chi connectivity index (χ0n) is 17.0. The number of ether oxygens (including phenoxy) is 1. The first-order valence-electron chi connectivity index (χ1n) is 9.73. The van der Waals surface area contributed by atoms with Crippen molar-refractivity contribution in [1.82, 2.24) is 9.78 Å². The third-order valence-electron chi connectivity index (χ3n) is 4.96. The number of hydrogen-bond acceptors (Lipinski definition) is 3. The van der Waals surface area contributed by atoms with Crippen LogP contribution in [0.25, 0.3) is 10.9 Å². The number of carboxylic acid groups (broad SMARTS) is 1. The van der Waals surface area contributed by atoms with E-state index >= 15 is 0 Å². The molecule has 1 atom stereocenters. The predicted molar refractivity (Wildman–Crippen MR) is 111 cm³/mol. The molecule has 1 heterocycles. The van der Waals surface area contributed by atoms with Gasteiger partial charge in [-0.3, -0.25) is 9.48 Å². The molecule has 1 unspecified atom stereocenters. The Labute approximate surface area is 165 Å². The number of nitrogens with zero attached hydrogens (tertiary/aromatic N) is 2. The molecule has 0 saturated carbocycles. The molecule has 0 spiro atoms. The Hall–Kier alpha value is -2.82. The highest BCUT2D eigenvalue weighted by Crippen LogP contribution is 2.24. The van der Waals surface area contributed by atoms with Gasteiger partial charge in [0.15, 0.2) is 0 Å². The van der Waals surface area contributed by atoms with Gasteiger partial charge in [-0.2, -0.15) is 5.10 Å². The Balaban J connectivity index is 1.69. The number of aryl methyl sites for hydroxylation is 1. The lowest BCUT2D eigenvalue weighted by molar-refractivity contribution is -0.137. The van der Waals surface area contributed by atoms with Crippen molar-refractivity contribution in [3.05, 3.63) is 59.3 Å². The van der Waals surface area contributed by atoms with Gasteiger partial charge in [-0.1, -0.05) is 32.9 Å². The molecule has 1 N–H and O–H groups in total. The van der Waals surface area contributed by atoms with Gasteiger partial charge in [0.1, 0.15) is 12.4 Å². The van der Waals surface area contributed by atoms with Gasteiger partial charge in [-0.25, -0.2) is 0 Å². The van der Waals surface area contributed by atoms with Crippen molar-refractivity contribution in [3.8, 4) is 5.75 Å². The number of benzene rings is 2. The van der Waals surface area contributed by atoms with E-state index in [1.54, 1.807) is 0 Å². The standard InChI is InChI=1S/C23H28N2O3/c1-15(2)13-25-22-9-16(3)20(11-19(22)12-24-25)14-28-21-7-5-18(6-8-21)17(4)10-23(26)27/h5-9,11-12,15,17H,10,13-14H2,1-4H3,(H,26,27). The first-order valence-corrected chi connectivity index (χ1v) is 9.73. The second kappa shape index (κ2) is 8.46. The van der Waals surface area contributed by atoms with Crippen molar-refractivity contribution in [2.45, 2.75) is 53.2 Å². The van der Waals surface area contributed by atoms with Crippen molar-refractivity contribution in [2.75, 3.05) is 0 Å².